The van der Waals surface area contributed by atoms with Crippen molar-refractivity contribution >= 4 is 0 Å². The maximum atomic E-state index is 4.25. The molecule has 1 N–H and O–H groups in total. The molecule has 0 aromatic carbocycles. The topological polar surface area (TPSA) is 33.1 Å². The van der Waals surface area contributed by atoms with E-state index >= 15 is 0 Å². The Morgan fingerprint density at radius 1 is 1.53 bits per heavy atom. The Morgan fingerprint density at radius 2 is 2.29 bits per heavy atom. The maximum absolute atomic E-state index is 4.25. The van der Waals surface area contributed by atoms with Gasteiger partial charge in [0.2, 0.25) is 0 Å². The zero-order chi connectivity index (χ0) is 12.3. The van der Waals surface area contributed by atoms with Crippen LogP contribution in [0.2, 0.25) is 0 Å². The summed E-state index contributed by atoms with van der Waals surface area (Å²) in [4.78, 5) is 2.57. The van der Waals surface area contributed by atoms with Crippen molar-refractivity contribution in [3.05, 3.63) is 17.5 Å². The predicted molar refractivity (Wildman–Crippen MR) is 69.9 cm³/mol. The van der Waals surface area contributed by atoms with Gasteiger partial charge in [-0.1, -0.05) is 6.92 Å². The van der Waals surface area contributed by atoms with Crippen LogP contribution in [0.3, 0.4) is 0 Å². The molecule has 4 heteroatoms. The predicted octanol–water partition coefficient (Wildman–Crippen LogP) is 1.30. The van der Waals surface area contributed by atoms with Gasteiger partial charge in [-0.15, -0.1) is 0 Å². The molecule has 96 valence electrons. The van der Waals surface area contributed by atoms with Gasteiger partial charge < -0.3 is 5.32 Å². The van der Waals surface area contributed by atoms with E-state index in [1.54, 1.807) is 0 Å². The van der Waals surface area contributed by atoms with Gasteiger partial charge in [0.1, 0.15) is 0 Å². The standard InChI is InChI=1S/C13H24N4/c1-4-17(13-5-6-13)8-7-14-9-12-10-15-16(3)11(12)2/h10,13-14H,4-9H2,1-3H3. The third kappa shape index (κ3) is 3.30. The van der Waals surface area contributed by atoms with Gasteiger partial charge in [0.05, 0.1) is 6.20 Å². The molecule has 1 fully saturated rings. The fourth-order valence-corrected chi connectivity index (χ4v) is 2.20. The van der Waals surface area contributed by atoms with Crippen LogP contribution < -0.4 is 5.32 Å². The lowest BCUT2D eigenvalue weighted by atomic mass is 10.2. The number of aryl methyl sites for hydroxylation is 1. The normalized spacial score (nSPS) is 15.8. The molecule has 2 rings (SSSR count). The number of likely N-dealkylation sites (N-methyl/N-ethyl adjacent to an activating group) is 1. The lowest BCUT2D eigenvalue weighted by Gasteiger charge is -2.19. The van der Waals surface area contributed by atoms with Gasteiger partial charge in [-0.2, -0.15) is 5.10 Å². The molecule has 0 unspecified atom stereocenters. The highest BCUT2D eigenvalue weighted by atomic mass is 15.3. The molecule has 1 aliphatic carbocycles. The first-order valence-corrected chi connectivity index (χ1v) is 6.64. The quantitative estimate of drug-likeness (QED) is 0.725. The second kappa shape index (κ2) is 5.65. The molecule has 1 aromatic heterocycles. The van der Waals surface area contributed by atoms with Crippen LogP contribution in [-0.2, 0) is 13.6 Å². The smallest absolute Gasteiger partial charge is 0.0537 e. The Balaban J connectivity index is 1.67. The fraction of sp³-hybridized carbons (Fsp3) is 0.769. The molecule has 0 radical (unpaired) electrons. The Bertz CT molecular complexity index is 354. The third-order valence-corrected chi connectivity index (χ3v) is 3.70. The highest BCUT2D eigenvalue weighted by Crippen LogP contribution is 2.25. The van der Waals surface area contributed by atoms with E-state index in [-0.39, 0.29) is 0 Å². The molecule has 0 spiro atoms. The van der Waals surface area contributed by atoms with Crippen LogP contribution >= 0.6 is 0 Å². The second-order valence-corrected chi connectivity index (χ2v) is 4.92. The van der Waals surface area contributed by atoms with Crippen molar-refractivity contribution in [3.8, 4) is 0 Å². The number of hydrogen-bond donors (Lipinski definition) is 1. The molecular weight excluding hydrogens is 212 g/mol. The minimum atomic E-state index is 0.877. The molecule has 0 aliphatic heterocycles. The van der Waals surface area contributed by atoms with E-state index in [4.69, 9.17) is 0 Å². The summed E-state index contributed by atoms with van der Waals surface area (Å²) in [7, 11) is 1.99. The van der Waals surface area contributed by atoms with Crippen molar-refractivity contribution in [2.75, 3.05) is 19.6 Å². The molecule has 1 aliphatic rings. The van der Waals surface area contributed by atoms with Gasteiger partial charge >= 0.3 is 0 Å². The fourth-order valence-electron chi connectivity index (χ4n) is 2.20. The summed E-state index contributed by atoms with van der Waals surface area (Å²) in [5.41, 5.74) is 2.56. The molecule has 17 heavy (non-hydrogen) atoms. The zero-order valence-corrected chi connectivity index (χ0v) is 11.2. The van der Waals surface area contributed by atoms with E-state index in [1.807, 2.05) is 17.9 Å². The monoisotopic (exact) mass is 236 g/mol. The number of hydrogen-bond acceptors (Lipinski definition) is 3. The lowest BCUT2D eigenvalue weighted by Crippen LogP contribution is -2.33. The van der Waals surface area contributed by atoms with Crippen molar-refractivity contribution in [1.82, 2.24) is 20.0 Å². The minimum absolute atomic E-state index is 0.877. The Morgan fingerprint density at radius 3 is 2.82 bits per heavy atom. The number of nitrogens with one attached hydrogen (secondary N) is 1. The van der Waals surface area contributed by atoms with Gasteiger partial charge in [-0.25, -0.2) is 0 Å². The summed E-state index contributed by atoms with van der Waals surface area (Å²) in [5, 5.41) is 7.76. The Labute approximate surface area is 104 Å². The molecule has 0 bridgehead atoms. The van der Waals surface area contributed by atoms with Crippen molar-refractivity contribution in [2.45, 2.75) is 39.3 Å². The summed E-state index contributed by atoms with van der Waals surface area (Å²) in [6.07, 6.45) is 4.76. The summed E-state index contributed by atoms with van der Waals surface area (Å²) >= 11 is 0. The zero-order valence-electron chi connectivity index (χ0n) is 11.2. The lowest BCUT2D eigenvalue weighted by molar-refractivity contribution is 0.277. The molecule has 0 atom stereocenters. The number of aromatic nitrogens is 2. The van der Waals surface area contributed by atoms with Crippen LogP contribution in [0.4, 0.5) is 0 Å². The third-order valence-electron chi connectivity index (χ3n) is 3.70. The summed E-state index contributed by atoms with van der Waals surface area (Å²) in [5.74, 6) is 0. The number of nitrogens with zero attached hydrogens (tertiary/aromatic N) is 3. The summed E-state index contributed by atoms with van der Waals surface area (Å²) < 4.78 is 1.93. The van der Waals surface area contributed by atoms with E-state index in [1.165, 1.54) is 37.2 Å². The highest BCUT2D eigenvalue weighted by Gasteiger charge is 2.26. The van der Waals surface area contributed by atoms with Crippen LogP contribution in [0.5, 0.6) is 0 Å². The van der Waals surface area contributed by atoms with Crippen molar-refractivity contribution < 1.29 is 0 Å². The van der Waals surface area contributed by atoms with Crippen LogP contribution in [0.25, 0.3) is 0 Å². The van der Waals surface area contributed by atoms with Crippen molar-refractivity contribution in [1.29, 1.82) is 0 Å². The van der Waals surface area contributed by atoms with Gasteiger partial charge in [-0.3, -0.25) is 9.58 Å². The molecule has 1 aromatic rings. The molecule has 4 nitrogen and oxygen atoms in total. The van der Waals surface area contributed by atoms with Crippen LogP contribution in [0, 0.1) is 6.92 Å². The van der Waals surface area contributed by atoms with Gasteiger partial charge in [0.15, 0.2) is 0 Å². The van der Waals surface area contributed by atoms with Gasteiger partial charge in [0, 0.05) is 44.0 Å². The highest BCUT2D eigenvalue weighted by molar-refractivity contribution is 5.15. The minimum Gasteiger partial charge on any atom is -0.311 e. The summed E-state index contributed by atoms with van der Waals surface area (Å²) in [6, 6.07) is 0.877. The number of rotatable bonds is 7. The van der Waals surface area contributed by atoms with Gasteiger partial charge in [0.25, 0.3) is 0 Å². The average molecular weight is 236 g/mol. The van der Waals surface area contributed by atoms with E-state index in [0.717, 1.165) is 19.1 Å². The van der Waals surface area contributed by atoms with E-state index in [2.05, 4.69) is 29.2 Å². The maximum Gasteiger partial charge on any atom is 0.0537 e. The molecular formula is C13H24N4. The average Bonchev–Trinajstić information content (AvgIpc) is 3.11. The van der Waals surface area contributed by atoms with E-state index in [0.29, 0.717) is 0 Å². The first-order valence-electron chi connectivity index (χ1n) is 6.64. The van der Waals surface area contributed by atoms with Crippen LogP contribution in [0.15, 0.2) is 6.20 Å². The van der Waals surface area contributed by atoms with Crippen molar-refractivity contribution in [3.63, 3.8) is 0 Å². The molecule has 0 saturated heterocycles. The first kappa shape index (κ1) is 12.6. The molecule has 1 saturated carbocycles. The Hall–Kier alpha value is -0.870. The van der Waals surface area contributed by atoms with E-state index < -0.39 is 0 Å². The first-order chi connectivity index (χ1) is 8.22. The van der Waals surface area contributed by atoms with Crippen molar-refractivity contribution in [2.24, 2.45) is 7.05 Å². The second-order valence-electron chi connectivity index (χ2n) is 4.92. The largest absolute Gasteiger partial charge is 0.311 e. The summed E-state index contributed by atoms with van der Waals surface area (Å²) in [6.45, 7) is 8.72. The Kier molecular flexibility index (Phi) is 4.18. The molecule has 1 heterocycles. The SMILES string of the molecule is CCN(CCNCc1cnn(C)c1C)C1CC1. The molecule has 0 amide bonds. The van der Waals surface area contributed by atoms with Gasteiger partial charge in [-0.05, 0) is 26.3 Å². The van der Waals surface area contributed by atoms with Crippen LogP contribution in [-0.4, -0.2) is 40.4 Å². The van der Waals surface area contributed by atoms with Crippen LogP contribution in [0.1, 0.15) is 31.0 Å². The van der Waals surface area contributed by atoms with E-state index in [9.17, 15) is 0 Å².